The van der Waals surface area contributed by atoms with Crippen LogP contribution >= 0.6 is 0 Å². The molecule has 7 nitrogen and oxygen atoms in total. The molecule has 1 aliphatic carbocycles. The molecule has 0 spiro atoms. The molecule has 0 amide bonds. The second-order valence-corrected chi connectivity index (χ2v) is 6.07. The van der Waals surface area contributed by atoms with E-state index in [9.17, 15) is 0 Å². The fourth-order valence-electron chi connectivity index (χ4n) is 2.84. The number of tetrazole rings is 1. The molecule has 3 rings (SSSR count). The van der Waals surface area contributed by atoms with Gasteiger partial charge in [-0.15, -0.1) is 5.10 Å². The van der Waals surface area contributed by atoms with Crippen molar-refractivity contribution in [1.82, 2.24) is 25.1 Å². The van der Waals surface area contributed by atoms with Crippen LogP contribution in [0.5, 0.6) is 11.5 Å². The lowest BCUT2D eigenvalue weighted by atomic mass is 9.85. The van der Waals surface area contributed by atoms with Crippen LogP contribution in [-0.2, 0) is 6.54 Å². The van der Waals surface area contributed by atoms with Crippen LogP contribution in [0.3, 0.4) is 0 Å². The highest BCUT2D eigenvalue weighted by molar-refractivity contribution is 5.46. The van der Waals surface area contributed by atoms with Gasteiger partial charge < -0.3 is 9.47 Å². The zero-order valence-electron chi connectivity index (χ0n) is 13.9. The summed E-state index contributed by atoms with van der Waals surface area (Å²) in [5, 5.41) is 12.1. The summed E-state index contributed by atoms with van der Waals surface area (Å²) in [6, 6.07) is 5.62. The topological polar surface area (TPSA) is 65.3 Å². The van der Waals surface area contributed by atoms with Crippen molar-refractivity contribution >= 4 is 0 Å². The minimum atomic E-state index is 0.711. The van der Waals surface area contributed by atoms with Crippen molar-refractivity contribution in [3.8, 4) is 17.2 Å². The Balaban J connectivity index is 1.79. The quantitative estimate of drug-likeness (QED) is 0.777. The minimum Gasteiger partial charge on any atom is -0.497 e. The summed E-state index contributed by atoms with van der Waals surface area (Å²) < 4.78 is 12.4. The van der Waals surface area contributed by atoms with Crippen molar-refractivity contribution in [2.75, 3.05) is 27.8 Å². The molecule has 1 aromatic carbocycles. The zero-order chi connectivity index (χ0) is 16.2. The first-order valence-electron chi connectivity index (χ1n) is 7.89. The number of hydrogen-bond acceptors (Lipinski definition) is 6. The maximum atomic E-state index is 5.32. The van der Waals surface area contributed by atoms with Crippen molar-refractivity contribution < 1.29 is 9.47 Å². The van der Waals surface area contributed by atoms with Crippen molar-refractivity contribution in [1.29, 1.82) is 0 Å². The van der Waals surface area contributed by atoms with E-state index in [0.717, 1.165) is 24.0 Å². The molecule has 2 aromatic rings. The number of nitrogens with zero attached hydrogens (tertiary/aromatic N) is 5. The van der Waals surface area contributed by atoms with Gasteiger partial charge >= 0.3 is 0 Å². The van der Waals surface area contributed by atoms with E-state index >= 15 is 0 Å². The summed E-state index contributed by atoms with van der Waals surface area (Å²) in [6.07, 6.45) is 4.03. The SMILES string of the molecule is COc1cc(OC)cc(-n2nnnc2CN(C)CC2CCC2)c1. The molecule has 1 fully saturated rings. The highest BCUT2D eigenvalue weighted by atomic mass is 16.5. The highest BCUT2D eigenvalue weighted by Crippen LogP contribution is 2.27. The van der Waals surface area contributed by atoms with Gasteiger partial charge in [-0.1, -0.05) is 6.42 Å². The van der Waals surface area contributed by atoms with Gasteiger partial charge in [0.2, 0.25) is 0 Å². The first-order chi connectivity index (χ1) is 11.2. The molecule has 0 aliphatic heterocycles. The van der Waals surface area contributed by atoms with Gasteiger partial charge in [0.15, 0.2) is 5.82 Å². The second kappa shape index (κ2) is 6.95. The van der Waals surface area contributed by atoms with Crippen LogP contribution in [0.1, 0.15) is 25.1 Å². The molecule has 1 saturated carbocycles. The molecule has 0 radical (unpaired) electrons. The number of hydrogen-bond donors (Lipinski definition) is 0. The molecule has 0 atom stereocenters. The van der Waals surface area contributed by atoms with Crippen LogP contribution < -0.4 is 9.47 Å². The molecular formula is C16H23N5O2. The van der Waals surface area contributed by atoms with Crippen molar-refractivity contribution in [3.05, 3.63) is 24.0 Å². The lowest BCUT2D eigenvalue weighted by Crippen LogP contribution is -2.30. The average molecular weight is 317 g/mol. The van der Waals surface area contributed by atoms with Crippen LogP contribution in [0.15, 0.2) is 18.2 Å². The van der Waals surface area contributed by atoms with Crippen molar-refractivity contribution in [3.63, 3.8) is 0 Å². The smallest absolute Gasteiger partial charge is 0.170 e. The van der Waals surface area contributed by atoms with Gasteiger partial charge in [0.1, 0.15) is 11.5 Å². The Morgan fingerprint density at radius 1 is 1.17 bits per heavy atom. The van der Waals surface area contributed by atoms with E-state index in [0.29, 0.717) is 18.0 Å². The number of methoxy groups -OCH3 is 2. The number of rotatable bonds is 7. The summed E-state index contributed by atoms with van der Waals surface area (Å²) in [7, 11) is 5.38. The predicted octanol–water partition coefficient (Wildman–Crippen LogP) is 1.91. The largest absolute Gasteiger partial charge is 0.497 e. The Morgan fingerprint density at radius 2 is 1.87 bits per heavy atom. The fourth-order valence-corrected chi connectivity index (χ4v) is 2.84. The molecule has 23 heavy (non-hydrogen) atoms. The van der Waals surface area contributed by atoms with E-state index in [1.807, 2.05) is 18.2 Å². The molecular weight excluding hydrogens is 294 g/mol. The van der Waals surface area contributed by atoms with E-state index in [-0.39, 0.29) is 0 Å². The van der Waals surface area contributed by atoms with Gasteiger partial charge in [0.05, 0.1) is 26.5 Å². The molecule has 1 heterocycles. The van der Waals surface area contributed by atoms with E-state index in [1.54, 1.807) is 18.9 Å². The Labute approximate surface area is 136 Å². The molecule has 7 heteroatoms. The fraction of sp³-hybridized carbons (Fsp3) is 0.562. The van der Waals surface area contributed by atoms with Gasteiger partial charge in [-0.05, 0) is 36.2 Å². The minimum absolute atomic E-state index is 0.711. The molecule has 0 saturated heterocycles. The predicted molar refractivity (Wildman–Crippen MR) is 85.9 cm³/mol. The molecule has 1 aliphatic rings. The van der Waals surface area contributed by atoms with E-state index < -0.39 is 0 Å². The summed E-state index contributed by atoms with van der Waals surface area (Å²) in [5.74, 6) is 3.05. The zero-order valence-corrected chi connectivity index (χ0v) is 13.9. The Morgan fingerprint density at radius 3 is 2.43 bits per heavy atom. The van der Waals surface area contributed by atoms with Crippen LogP contribution in [0.4, 0.5) is 0 Å². The first-order valence-corrected chi connectivity index (χ1v) is 7.89. The lowest BCUT2D eigenvalue weighted by Gasteiger charge is -2.29. The first kappa shape index (κ1) is 15.7. The summed E-state index contributed by atoms with van der Waals surface area (Å²) in [6.45, 7) is 1.80. The van der Waals surface area contributed by atoms with Crippen LogP contribution in [0.2, 0.25) is 0 Å². The maximum Gasteiger partial charge on any atom is 0.170 e. The third kappa shape index (κ3) is 3.61. The third-order valence-corrected chi connectivity index (χ3v) is 4.32. The molecule has 1 aromatic heterocycles. The van der Waals surface area contributed by atoms with E-state index in [2.05, 4.69) is 27.5 Å². The van der Waals surface area contributed by atoms with E-state index in [4.69, 9.17) is 9.47 Å². The maximum absolute atomic E-state index is 5.32. The van der Waals surface area contributed by atoms with Crippen LogP contribution in [0, 0.1) is 5.92 Å². The summed E-state index contributed by atoms with van der Waals surface area (Å²) in [4.78, 5) is 2.28. The molecule has 0 bridgehead atoms. The van der Waals surface area contributed by atoms with Gasteiger partial charge in [0, 0.05) is 24.7 Å². The highest BCUT2D eigenvalue weighted by Gasteiger charge is 2.20. The Hall–Kier alpha value is -2.15. The standard InChI is InChI=1S/C16H23N5O2/c1-20(10-12-5-4-6-12)11-16-17-18-19-21(16)13-7-14(22-2)9-15(8-13)23-3/h7-9,12H,4-6,10-11H2,1-3H3. The second-order valence-electron chi connectivity index (χ2n) is 6.07. The van der Waals surface area contributed by atoms with Crippen LogP contribution in [0.25, 0.3) is 5.69 Å². The van der Waals surface area contributed by atoms with Crippen molar-refractivity contribution in [2.24, 2.45) is 5.92 Å². The monoisotopic (exact) mass is 317 g/mol. The van der Waals surface area contributed by atoms with E-state index in [1.165, 1.54) is 19.3 Å². The summed E-state index contributed by atoms with van der Waals surface area (Å²) in [5.41, 5.74) is 0.832. The van der Waals surface area contributed by atoms with Crippen molar-refractivity contribution in [2.45, 2.75) is 25.8 Å². The number of aromatic nitrogens is 4. The summed E-state index contributed by atoms with van der Waals surface area (Å²) >= 11 is 0. The normalized spacial score (nSPS) is 14.8. The van der Waals surface area contributed by atoms with Gasteiger partial charge in [0.25, 0.3) is 0 Å². The van der Waals surface area contributed by atoms with Gasteiger partial charge in [-0.25, -0.2) is 0 Å². The van der Waals surface area contributed by atoms with Gasteiger partial charge in [-0.2, -0.15) is 4.68 Å². The average Bonchev–Trinajstić information content (AvgIpc) is 2.98. The molecule has 124 valence electrons. The third-order valence-electron chi connectivity index (χ3n) is 4.32. The Kier molecular flexibility index (Phi) is 4.76. The van der Waals surface area contributed by atoms with Gasteiger partial charge in [-0.3, -0.25) is 4.90 Å². The lowest BCUT2D eigenvalue weighted by molar-refractivity contribution is 0.196. The van der Waals surface area contributed by atoms with Crippen LogP contribution in [-0.4, -0.2) is 52.9 Å². The molecule has 0 N–H and O–H groups in total. The number of benzene rings is 1. The number of ether oxygens (including phenoxy) is 2. The molecule has 0 unspecified atom stereocenters. The Bertz CT molecular complexity index is 631.